The number of carbonyl (C=O) groups excluding carboxylic acids is 1. The van der Waals surface area contributed by atoms with Crippen molar-refractivity contribution in [1.82, 2.24) is 20.2 Å². The Kier molecular flexibility index (Phi) is 6.07. The van der Waals surface area contributed by atoms with E-state index in [-0.39, 0.29) is 23.2 Å². The second kappa shape index (κ2) is 7.15. The zero-order valence-corrected chi connectivity index (χ0v) is 13.9. The smallest absolute Gasteiger partial charge is 0.271 e. The van der Waals surface area contributed by atoms with E-state index in [4.69, 9.17) is 11.6 Å². The van der Waals surface area contributed by atoms with Crippen molar-refractivity contribution in [2.45, 2.75) is 32.3 Å². The monoisotopic (exact) mass is 314 g/mol. The van der Waals surface area contributed by atoms with Crippen molar-refractivity contribution in [3.05, 3.63) is 22.7 Å². The molecule has 0 radical (unpaired) electrons. The Morgan fingerprint density at radius 1 is 1.52 bits per heavy atom. The molecule has 7 heteroatoms. The van der Waals surface area contributed by atoms with Crippen LogP contribution in [0.5, 0.6) is 0 Å². The number of halogens is 1. The minimum Gasteiger partial charge on any atom is -0.387 e. The number of nitrogens with zero attached hydrogens (tertiary/aromatic N) is 3. The molecule has 1 aromatic rings. The van der Waals surface area contributed by atoms with Crippen LogP contribution in [0.3, 0.4) is 0 Å². The maximum atomic E-state index is 12.2. The molecule has 6 nitrogen and oxygen atoms in total. The van der Waals surface area contributed by atoms with Crippen LogP contribution in [-0.2, 0) is 0 Å². The third-order valence-corrected chi connectivity index (χ3v) is 3.06. The molecule has 1 rings (SSSR count). The summed E-state index contributed by atoms with van der Waals surface area (Å²) in [5.41, 5.74) is -0.893. The van der Waals surface area contributed by atoms with Gasteiger partial charge in [0.1, 0.15) is 11.5 Å². The summed E-state index contributed by atoms with van der Waals surface area (Å²) >= 11 is 5.97. The summed E-state index contributed by atoms with van der Waals surface area (Å²) in [6, 6.07) is 0. The Morgan fingerprint density at radius 2 is 2.14 bits per heavy atom. The number of carbonyl (C=O) groups is 1. The van der Waals surface area contributed by atoms with Crippen molar-refractivity contribution < 1.29 is 9.90 Å². The van der Waals surface area contributed by atoms with Gasteiger partial charge in [-0.2, -0.15) is 0 Å². The van der Waals surface area contributed by atoms with Crippen molar-refractivity contribution >= 4 is 17.5 Å². The molecular formula is C14H23ClN4O2. The number of aliphatic hydroxyl groups is 1. The van der Waals surface area contributed by atoms with Gasteiger partial charge < -0.3 is 15.3 Å². The second-order valence-electron chi connectivity index (χ2n) is 6.00. The normalized spacial score (nSPS) is 14.3. The van der Waals surface area contributed by atoms with Gasteiger partial charge in [0.15, 0.2) is 0 Å². The third-order valence-electron chi connectivity index (χ3n) is 2.78. The highest BCUT2D eigenvalue weighted by Gasteiger charge is 2.23. The Hall–Kier alpha value is -1.24. The first-order chi connectivity index (χ1) is 9.62. The van der Waals surface area contributed by atoms with E-state index in [0.717, 1.165) is 0 Å². The molecule has 0 saturated heterocycles. The van der Waals surface area contributed by atoms with Gasteiger partial charge in [0.05, 0.1) is 16.8 Å². The van der Waals surface area contributed by atoms with Gasteiger partial charge in [-0.25, -0.2) is 9.97 Å². The fraction of sp³-hybridized carbons (Fsp3) is 0.643. The molecule has 0 aliphatic carbocycles. The summed E-state index contributed by atoms with van der Waals surface area (Å²) in [7, 11) is 3.71. The highest BCUT2D eigenvalue weighted by molar-refractivity contribution is 6.33. The quantitative estimate of drug-likeness (QED) is 0.827. The van der Waals surface area contributed by atoms with E-state index in [2.05, 4.69) is 15.3 Å². The zero-order chi connectivity index (χ0) is 16.2. The SMILES string of the molecule is CC(C)c1ncc(Cl)c(C(=O)NCC(C)(O)CN(C)C)n1. The Bertz CT molecular complexity index is 504. The first-order valence-electron chi connectivity index (χ1n) is 6.80. The Morgan fingerprint density at radius 3 is 2.67 bits per heavy atom. The van der Waals surface area contributed by atoms with Gasteiger partial charge >= 0.3 is 0 Å². The van der Waals surface area contributed by atoms with E-state index in [1.807, 2.05) is 32.8 Å². The minimum atomic E-state index is -1.03. The lowest BCUT2D eigenvalue weighted by Crippen LogP contribution is -2.47. The molecule has 1 aromatic heterocycles. The molecule has 118 valence electrons. The van der Waals surface area contributed by atoms with Crippen LogP contribution in [0.4, 0.5) is 0 Å². The molecule has 0 aromatic carbocycles. The molecule has 21 heavy (non-hydrogen) atoms. The van der Waals surface area contributed by atoms with E-state index >= 15 is 0 Å². The second-order valence-corrected chi connectivity index (χ2v) is 6.40. The molecule has 0 aliphatic heterocycles. The van der Waals surface area contributed by atoms with Crippen LogP contribution in [0.15, 0.2) is 6.20 Å². The van der Waals surface area contributed by atoms with Crippen molar-refractivity contribution in [2.75, 3.05) is 27.2 Å². The van der Waals surface area contributed by atoms with Crippen LogP contribution in [0.2, 0.25) is 5.02 Å². The molecule has 1 unspecified atom stereocenters. The molecule has 1 amide bonds. The van der Waals surface area contributed by atoms with Crippen molar-refractivity contribution in [1.29, 1.82) is 0 Å². The number of amides is 1. The lowest BCUT2D eigenvalue weighted by molar-refractivity contribution is 0.0325. The molecule has 0 bridgehead atoms. The first kappa shape index (κ1) is 17.8. The van der Waals surface area contributed by atoms with Gasteiger partial charge in [-0.05, 0) is 21.0 Å². The maximum absolute atomic E-state index is 12.2. The number of hydrogen-bond acceptors (Lipinski definition) is 5. The topological polar surface area (TPSA) is 78.3 Å². The summed E-state index contributed by atoms with van der Waals surface area (Å²) < 4.78 is 0. The van der Waals surface area contributed by atoms with E-state index in [0.29, 0.717) is 12.4 Å². The summed E-state index contributed by atoms with van der Waals surface area (Å²) in [5, 5.41) is 13.0. The summed E-state index contributed by atoms with van der Waals surface area (Å²) in [6.07, 6.45) is 1.43. The fourth-order valence-corrected chi connectivity index (χ4v) is 2.09. The molecular weight excluding hydrogens is 292 g/mol. The molecule has 0 aliphatic rings. The number of aromatic nitrogens is 2. The highest BCUT2D eigenvalue weighted by atomic mass is 35.5. The van der Waals surface area contributed by atoms with Crippen LogP contribution in [0.1, 0.15) is 43.0 Å². The van der Waals surface area contributed by atoms with Crippen molar-refractivity contribution in [3.8, 4) is 0 Å². The summed E-state index contributed by atoms with van der Waals surface area (Å²) in [6.45, 7) is 6.08. The van der Waals surface area contributed by atoms with Crippen LogP contribution in [0.25, 0.3) is 0 Å². The average molecular weight is 315 g/mol. The third kappa shape index (κ3) is 5.57. The van der Waals surface area contributed by atoms with Gasteiger partial charge in [0, 0.05) is 19.0 Å². The first-order valence-corrected chi connectivity index (χ1v) is 7.18. The Labute approximate surface area is 130 Å². The number of hydrogen-bond donors (Lipinski definition) is 2. The zero-order valence-electron chi connectivity index (χ0n) is 13.1. The number of rotatable bonds is 6. The standard InChI is InChI=1S/C14H23ClN4O2/c1-9(2)12-16-6-10(15)11(18-12)13(20)17-7-14(3,21)8-19(4)5/h6,9,21H,7-8H2,1-5H3,(H,17,20). The largest absolute Gasteiger partial charge is 0.387 e. The highest BCUT2D eigenvalue weighted by Crippen LogP contribution is 2.16. The molecule has 1 heterocycles. The molecule has 2 N–H and O–H groups in total. The molecule has 1 atom stereocenters. The van der Waals surface area contributed by atoms with Crippen LogP contribution >= 0.6 is 11.6 Å². The summed E-state index contributed by atoms with van der Waals surface area (Å²) in [4.78, 5) is 22.3. The van der Waals surface area contributed by atoms with Gasteiger partial charge in [-0.15, -0.1) is 0 Å². The Balaban J connectivity index is 2.78. The van der Waals surface area contributed by atoms with E-state index < -0.39 is 11.5 Å². The predicted molar refractivity (Wildman–Crippen MR) is 82.6 cm³/mol. The molecule has 0 spiro atoms. The van der Waals surface area contributed by atoms with Crippen LogP contribution in [-0.4, -0.2) is 58.7 Å². The van der Waals surface area contributed by atoms with E-state index in [1.54, 1.807) is 6.92 Å². The van der Waals surface area contributed by atoms with Gasteiger partial charge in [-0.1, -0.05) is 25.4 Å². The van der Waals surface area contributed by atoms with E-state index in [9.17, 15) is 9.90 Å². The van der Waals surface area contributed by atoms with Crippen molar-refractivity contribution in [2.24, 2.45) is 0 Å². The molecule has 0 fully saturated rings. The van der Waals surface area contributed by atoms with Gasteiger partial charge in [0.2, 0.25) is 0 Å². The van der Waals surface area contributed by atoms with Crippen molar-refractivity contribution in [3.63, 3.8) is 0 Å². The van der Waals surface area contributed by atoms with Gasteiger partial charge in [0.25, 0.3) is 5.91 Å². The van der Waals surface area contributed by atoms with E-state index in [1.165, 1.54) is 6.20 Å². The molecule has 0 saturated carbocycles. The lowest BCUT2D eigenvalue weighted by Gasteiger charge is -2.27. The number of likely N-dealkylation sites (N-methyl/N-ethyl adjacent to an activating group) is 1. The fourth-order valence-electron chi connectivity index (χ4n) is 1.91. The van der Waals surface area contributed by atoms with Crippen LogP contribution in [0, 0.1) is 0 Å². The number of nitrogens with one attached hydrogen (secondary N) is 1. The van der Waals surface area contributed by atoms with Gasteiger partial charge in [-0.3, -0.25) is 4.79 Å². The lowest BCUT2D eigenvalue weighted by atomic mass is 10.1. The average Bonchev–Trinajstić information content (AvgIpc) is 2.34. The predicted octanol–water partition coefficient (Wildman–Crippen LogP) is 1.30. The maximum Gasteiger partial charge on any atom is 0.271 e. The van der Waals surface area contributed by atoms with Crippen LogP contribution < -0.4 is 5.32 Å². The summed E-state index contributed by atoms with van der Waals surface area (Å²) in [5.74, 6) is 0.249. The minimum absolute atomic E-state index is 0.102.